The van der Waals surface area contributed by atoms with Gasteiger partial charge in [-0.25, -0.2) is 9.18 Å². The van der Waals surface area contributed by atoms with Gasteiger partial charge in [-0.3, -0.25) is 4.79 Å². The number of nitrogens with one attached hydrogen (secondary N) is 2. The summed E-state index contributed by atoms with van der Waals surface area (Å²) < 4.78 is 22.0. The molecular weight excluding hydrogens is 465 g/mol. The molecule has 0 aliphatic carbocycles. The summed E-state index contributed by atoms with van der Waals surface area (Å²) in [5, 5.41) is 8.03. The number of hydrogen-bond acceptors (Lipinski definition) is 4. The van der Waals surface area contributed by atoms with E-state index in [0.29, 0.717) is 46.9 Å². The van der Waals surface area contributed by atoms with E-state index in [1.54, 1.807) is 26.8 Å². The van der Waals surface area contributed by atoms with Crippen LogP contribution in [0.1, 0.15) is 43.7 Å². The monoisotopic (exact) mass is 489 g/mol. The van der Waals surface area contributed by atoms with Crippen LogP contribution in [0.3, 0.4) is 0 Å². The highest BCUT2D eigenvalue weighted by atomic mass is 35.5. The van der Waals surface area contributed by atoms with Crippen LogP contribution in [0.15, 0.2) is 41.9 Å². The van der Waals surface area contributed by atoms with Crippen LogP contribution in [-0.2, 0) is 4.74 Å². The molecule has 0 spiro atoms. The van der Waals surface area contributed by atoms with Crippen molar-refractivity contribution in [2.45, 2.75) is 38.8 Å². The maximum Gasteiger partial charge on any atom is 0.407 e. The van der Waals surface area contributed by atoms with Gasteiger partial charge in [0.1, 0.15) is 17.1 Å². The van der Waals surface area contributed by atoms with E-state index in [4.69, 9.17) is 16.3 Å². The highest BCUT2D eigenvalue weighted by Gasteiger charge is 2.32. The summed E-state index contributed by atoms with van der Waals surface area (Å²) in [6.07, 6.45) is 1.88. The summed E-state index contributed by atoms with van der Waals surface area (Å²) in [6.45, 7) is 6.17. The molecule has 9 heteroatoms. The smallest absolute Gasteiger partial charge is 0.407 e. The highest BCUT2D eigenvalue weighted by molar-refractivity contribution is 7.13. The van der Waals surface area contributed by atoms with Crippen molar-refractivity contribution < 1.29 is 18.7 Å². The van der Waals surface area contributed by atoms with Gasteiger partial charge in [0.05, 0.1) is 6.04 Å². The minimum Gasteiger partial charge on any atom is -0.444 e. The molecule has 1 aromatic carbocycles. The van der Waals surface area contributed by atoms with E-state index in [-0.39, 0.29) is 11.9 Å². The summed E-state index contributed by atoms with van der Waals surface area (Å²) in [6, 6.07) is 8.08. The zero-order chi connectivity index (χ0) is 23.8. The van der Waals surface area contributed by atoms with Crippen molar-refractivity contribution >= 4 is 34.9 Å². The van der Waals surface area contributed by atoms with Crippen molar-refractivity contribution in [3.63, 3.8) is 0 Å². The fraction of sp³-hybridized carbons (Fsp3) is 0.333. The molecule has 0 bridgehead atoms. The Morgan fingerprint density at radius 1 is 1.33 bits per heavy atom. The minimum absolute atomic E-state index is 0.123. The Labute approximate surface area is 200 Å². The molecule has 1 unspecified atom stereocenters. The normalized spacial score (nSPS) is 15.7. The van der Waals surface area contributed by atoms with E-state index in [0.717, 1.165) is 4.88 Å². The number of ether oxygens (including phenoxy) is 1. The van der Waals surface area contributed by atoms with Crippen molar-refractivity contribution in [2.24, 2.45) is 0 Å². The lowest BCUT2D eigenvalue weighted by atomic mass is 10.0. The van der Waals surface area contributed by atoms with Crippen LogP contribution >= 0.6 is 22.9 Å². The summed E-state index contributed by atoms with van der Waals surface area (Å²) >= 11 is 7.65. The number of nitrogens with zero attached hydrogens (tertiary/aromatic N) is 1. The zero-order valence-corrected chi connectivity index (χ0v) is 20.1. The first-order chi connectivity index (χ1) is 15.6. The molecule has 2 N–H and O–H groups in total. The number of rotatable bonds is 5. The van der Waals surface area contributed by atoms with Crippen LogP contribution in [0.4, 0.5) is 9.18 Å². The number of carbonyl (C=O) groups excluding carboxylic acids is 2. The van der Waals surface area contributed by atoms with Gasteiger partial charge >= 0.3 is 6.09 Å². The molecule has 4 rings (SSSR count). The van der Waals surface area contributed by atoms with Gasteiger partial charge < -0.3 is 19.9 Å². The molecule has 1 aliphatic heterocycles. The lowest BCUT2D eigenvalue weighted by Crippen LogP contribution is -2.40. The maximum absolute atomic E-state index is 14.8. The van der Waals surface area contributed by atoms with E-state index in [2.05, 4.69) is 10.6 Å². The molecule has 3 aromatic rings. The van der Waals surface area contributed by atoms with Gasteiger partial charge in [-0.05, 0) is 56.8 Å². The molecule has 2 amide bonds. The first kappa shape index (κ1) is 23.3. The van der Waals surface area contributed by atoms with Crippen molar-refractivity contribution in [3.8, 4) is 21.6 Å². The number of hydrogen-bond donors (Lipinski definition) is 2. The Morgan fingerprint density at radius 3 is 2.82 bits per heavy atom. The SMILES string of the molecule is CC(C)(C)OC(=O)NCCC1CNC(=O)c2c(-c3cccs3)c(-c3cc(Cl)ccc3F)cn21. The Hall–Kier alpha value is -2.84. The number of carbonyl (C=O) groups is 2. The average molecular weight is 490 g/mol. The molecule has 6 nitrogen and oxygen atoms in total. The predicted octanol–water partition coefficient (Wildman–Crippen LogP) is 5.88. The third kappa shape index (κ3) is 5.07. The Morgan fingerprint density at radius 2 is 2.12 bits per heavy atom. The van der Waals surface area contributed by atoms with E-state index < -0.39 is 17.5 Å². The van der Waals surface area contributed by atoms with E-state index in [1.165, 1.54) is 23.5 Å². The molecule has 33 heavy (non-hydrogen) atoms. The van der Waals surface area contributed by atoms with Gasteiger partial charge in [-0.1, -0.05) is 17.7 Å². The highest BCUT2D eigenvalue weighted by Crippen LogP contribution is 2.42. The van der Waals surface area contributed by atoms with E-state index >= 15 is 0 Å². The van der Waals surface area contributed by atoms with Crippen LogP contribution in [0.25, 0.3) is 21.6 Å². The molecule has 1 atom stereocenters. The Bertz CT molecular complexity index is 1180. The summed E-state index contributed by atoms with van der Waals surface area (Å²) in [5.74, 6) is -0.632. The number of amides is 2. The zero-order valence-electron chi connectivity index (χ0n) is 18.6. The number of benzene rings is 1. The maximum atomic E-state index is 14.8. The lowest BCUT2D eigenvalue weighted by molar-refractivity contribution is 0.0523. The fourth-order valence-corrected chi connectivity index (χ4v) is 4.87. The standard InChI is InChI=1S/C24H25ClFN3O3S/c1-24(2,3)32-23(31)27-9-8-15-12-28-22(30)21-20(19-5-4-10-33-19)17(13-29(15)21)16-11-14(25)6-7-18(16)26/h4-7,10-11,13,15H,8-9,12H2,1-3H3,(H,27,31)(H,28,30). The quantitative estimate of drug-likeness (QED) is 0.470. The molecule has 0 fully saturated rings. The Kier molecular flexibility index (Phi) is 6.50. The summed E-state index contributed by atoms with van der Waals surface area (Å²) in [5.41, 5.74) is 1.51. The van der Waals surface area contributed by atoms with Gasteiger partial charge in [-0.15, -0.1) is 11.3 Å². The van der Waals surface area contributed by atoms with Crippen molar-refractivity contribution in [3.05, 3.63) is 58.4 Å². The second-order valence-corrected chi connectivity index (χ2v) is 10.2. The van der Waals surface area contributed by atoms with Crippen LogP contribution in [-0.4, -0.2) is 35.3 Å². The number of alkyl carbamates (subject to hydrolysis) is 1. The molecule has 2 aromatic heterocycles. The third-order valence-electron chi connectivity index (χ3n) is 5.27. The molecule has 0 saturated carbocycles. The third-order valence-corrected chi connectivity index (χ3v) is 6.39. The molecule has 174 valence electrons. The van der Waals surface area contributed by atoms with Crippen molar-refractivity contribution in [1.29, 1.82) is 0 Å². The minimum atomic E-state index is -0.581. The van der Waals surface area contributed by atoms with Gasteiger partial charge in [-0.2, -0.15) is 0 Å². The number of halogens is 2. The van der Waals surface area contributed by atoms with Gasteiger partial charge in [0, 0.05) is 45.9 Å². The molecule has 0 saturated heterocycles. The number of thiophene rings is 1. The molecule has 0 radical (unpaired) electrons. The van der Waals surface area contributed by atoms with Crippen molar-refractivity contribution in [2.75, 3.05) is 13.1 Å². The summed E-state index contributed by atoms with van der Waals surface area (Å²) in [4.78, 5) is 25.8. The van der Waals surface area contributed by atoms with Crippen LogP contribution < -0.4 is 10.6 Å². The predicted molar refractivity (Wildman–Crippen MR) is 128 cm³/mol. The van der Waals surface area contributed by atoms with Gasteiger partial charge in [0.15, 0.2) is 0 Å². The Balaban J connectivity index is 1.70. The second-order valence-electron chi connectivity index (χ2n) is 8.86. The van der Waals surface area contributed by atoms with Crippen LogP contribution in [0.2, 0.25) is 5.02 Å². The first-order valence-electron chi connectivity index (χ1n) is 10.6. The average Bonchev–Trinajstić information content (AvgIpc) is 3.38. The summed E-state index contributed by atoms with van der Waals surface area (Å²) in [7, 11) is 0. The van der Waals surface area contributed by atoms with Gasteiger partial charge in [0.25, 0.3) is 5.91 Å². The molecule has 1 aliphatic rings. The van der Waals surface area contributed by atoms with Gasteiger partial charge in [0.2, 0.25) is 0 Å². The topological polar surface area (TPSA) is 72.4 Å². The fourth-order valence-electron chi connectivity index (χ4n) is 3.91. The second kappa shape index (κ2) is 9.19. The largest absolute Gasteiger partial charge is 0.444 e. The van der Waals surface area contributed by atoms with Crippen LogP contribution in [0, 0.1) is 5.82 Å². The number of fused-ring (bicyclic) bond motifs is 1. The number of aromatic nitrogens is 1. The van der Waals surface area contributed by atoms with E-state index in [1.807, 2.05) is 28.3 Å². The molecule has 3 heterocycles. The first-order valence-corrected chi connectivity index (χ1v) is 11.9. The lowest BCUT2D eigenvalue weighted by Gasteiger charge is -2.27. The van der Waals surface area contributed by atoms with E-state index in [9.17, 15) is 14.0 Å². The molecular formula is C24H25ClFN3O3S. The van der Waals surface area contributed by atoms with Crippen LogP contribution in [0.5, 0.6) is 0 Å². The van der Waals surface area contributed by atoms with Crippen molar-refractivity contribution in [1.82, 2.24) is 15.2 Å².